The maximum Gasteiger partial charge on any atom is 0.159 e. The van der Waals surface area contributed by atoms with Crippen molar-refractivity contribution in [3.05, 3.63) is 48.3 Å². The second-order valence-electron chi connectivity index (χ2n) is 3.79. The van der Waals surface area contributed by atoms with Crippen LogP contribution in [0.4, 0.5) is 0 Å². The minimum atomic E-state index is 0.558. The van der Waals surface area contributed by atoms with Crippen molar-refractivity contribution in [2.24, 2.45) is 0 Å². The van der Waals surface area contributed by atoms with Crippen molar-refractivity contribution in [3.8, 4) is 11.4 Å². The van der Waals surface area contributed by atoms with Crippen molar-refractivity contribution in [2.45, 2.75) is 19.8 Å². The maximum atomic E-state index is 4.18. The monoisotopic (exact) mass is 197 g/mol. The first-order valence-corrected chi connectivity index (χ1v) is 5.07. The smallest absolute Gasteiger partial charge is 0.159 e. The molecule has 0 unspecified atom stereocenters. The topological polar surface area (TPSA) is 25.8 Å². The van der Waals surface area contributed by atoms with Crippen LogP contribution in [-0.2, 0) is 0 Å². The summed E-state index contributed by atoms with van der Waals surface area (Å²) in [6.45, 7) is 4.36. The van der Waals surface area contributed by atoms with Crippen LogP contribution in [0.3, 0.4) is 0 Å². The first kappa shape index (κ1) is 9.84. The van der Waals surface area contributed by atoms with E-state index >= 15 is 0 Å². The van der Waals surface area contributed by atoms with Gasteiger partial charge in [-0.1, -0.05) is 38.1 Å². The number of benzene rings is 1. The van der Waals surface area contributed by atoms with Crippen LogP contribution in [0.1, 0.15) is 25.3 Å². The molecule has 2 nitrogen and oxygen atoms in total. The van der Waals surface area contributed by atoms with Gasteiger partial charge in [0.15, 0.2) is 5.82 Å². The molecule has 15 heavy (non-hydrogen) atoms. The lowest BCUT2D eigenvalue weighted by molar-refractivity contribution is 0.867. The Hall–Kier alpha value is -1.70. The molecule has 2 aromatic rings. The highest BCUT2D eigenvalue weighted by atomic mass is 14.8. The molecule has 0 spiro atoms. The molecule has 0 aliphatic rings. The Kier molecular flexibility index (Phi) is 2.77. The quantitative estimate of drug-likeness (QED) is 0.739. The second-order valence-corrected chi connectivity index (χ2v) is 3.79. The zero-order chi connectivity index (χ0) is 10.7. The first-order valence-electron chi connectivity index (χ1n) is 5.07. The van der Waals surface area contributed by atoms with Crippen LogP contribution in [0.5, 0.6) is 0 Å². The number of hydrogen-bond donors (Lipinski definition) is 0. The van der Waals surface area contributed by atoms with E-state index in [2.05, 4.69) is 54.3 Å². The molecular weight excluding hydrogens is 184 g/mol. The first-order chi connectivity index (χ1) is 7.27. The highest BCUT2D eigenvalue weighted by molar-refractivity contribution is 5.54. The Balaban J connectivity index is 2.32. The van der Waals surface area contributed by atoms with Gasteiger partial charge in [-0.25, -0.2) is 9.97 Å². The predicted octanol–water partition coefficient (Wildman–Crippen LogP) is 3.07. The molecule has 0 N–H and O–H groups in total. The zero-order valence-corrected chi connectivity index (χ0v) is 8.94. The van der Waals surface area contributed by atoms with Crippen LogP contribution < -0.4 is 0 Å². The third-order valence-electron chi connectivity index (χ3n) is 2.35. The number of nitrogens with zero attached hydrogens (tertiary/aromatic N) is 2. The highest BCUT2D eigenvalue weighted by Gasteiger charge is 2.01. The molecule has 0 aliphatic heterocycles. The fraction of sp³-hybridized carbons (Fsp3) is 0.231. The molecule has 0 atom stereocenters. The van der Waals surface area contributed by atoms with Gasteiger partial charge in [-0.05, 0) is 17.5 Å². The van der Waals surface area contributed by atoms with E-state index in [1.807, 2.05) is 0 Å². The van der Waals surface area contributed by atoms with Gasteiger partial charge in [0, 0.05) is 11.8 Å². The lowest BCUT2D eigenvalue weighted by Crippen LogP contribution is -1.89. The van der Waals surface area contributed by atoms with Crippen LogP contribution in [0.15, 0.2) is 36.5 Å². The fourth-order valence-electron chi connectivity index (χ4n) is 1.42. The van der Waals surface area contributed by atoms with E-state index in [0.717, 1.165) is 11.4 Å². The van der Waals surface area contributed by atoms with E-state index in [-0.39, 0.29) is 0 Å². The van der Waals surface area contributed by atoms with Crippen molar-refractivity contribution >= 4 is 0 Å². The molecule has 0 aliphatic carbocycles. The predicted molar refractivity (Wildman–Crippen MR) is 60.4 cm³/mol. The van der Waals surface area contributed by atoms with E-state index in [1.165, 1.54) is 5.56 Å². The van der Waals surface area contributed by atoms with Crippen LogP contribution in [0, 0.1) is 6.20 Å². The summed E-state index contributed by atoms with van der Waals surface area (Å²) in [5.41, 5.74) is 2.37. The number of aromatic nitrogens is 2. The minimum Gasteiger partial charge on any atom is -0.237 e. The Labute approximate surface area is 90.0 Å². The van der Waals surface area contributed by atoms with Crippen molar-refractivity contribution < 1.29 is 0 Å². The summed E-state index contributed by atoms with van der Waals surface area (Å²) in [5, 5.41) is 0. The molecule has 0 amide bonds. The standard InChI is InChI=1S/C13H13N2/c1-10(2)11-4-6-12(7-5-11)13-14-8-3-9-15-13/h3-8,10H,1-2H3. The van der Waals surface area contributed by atoms with Crippen molar-refractivity contribution in [1.82, 2.24) is 9.97 Å². The number of rotatable bonds is 2. The lowest BCUT2D eigenvalue weighted by Gasteiger charge is -2.05. The van der Waals surface area contributed by atoms with Gasteiger partial charge in [0.25, 0.3) is 0 Å². The van der Waals surface area contributed by atoms with Gasteiger partial charge in [0.05, 0.1) is 6.20 Å². The average Bonchev–Trinajstić information content (AvgIpc) is 2.30. The summed E-state index contributed by atoms with van der Waals surface area (Å²) < 4.78 is 0. The van der Waals surface area contributed by atoms with Gasteiger partial charge >= 0.3 is 0 Å². The normalized spacial score (nSPS) is 10.6. The Morgan fingerprint density at radius 3 is 2.40 bits per heavy atom. The van der Waals surface area contributed by atoms with E-state index in [4.69, 9.17) is 0 Å². The highest BCUT2D eigenvalue weighted by Crippen LogP contribution is 2.19. The van der Waals surface area contributed by atoms with Gasteiger partial charge in [0.1, 0.15) is 0 Å². The van der Waals surface area contributed by atoms with E-state index < -0.39 is 0 Å². The van der Waals surface area contributed by atoms with Gasteiger partial charge < -0.3 is 0 Å². The van der Waals surface area contributed by atoms with Crippen molar-refractivity contribution in [3.63, 3.8) is 0 Å². The van der Waals surface area contributed by atoms with Crippen LogP contribution in [0.25, 0.3) is 11.4 Å². The Morgan fingerprint density at radius 2 is 1.87 bits per heavy atom. The Morgan fingerprint density at radius 1 is 1.13 bits per heavy atom. The molecule has 0 fully saturated rings. The molecule has 75 valence electrons. The van der Waals surface area contributed by atoms with Crippen LogP contribution in [-0.4, -0.2) is 9.97 Å². The van der Waals surface area contributed by atoms with Crippen LogP contribution >= 0.6 is 0 Å². The third-order valence-corrected chi connectivity index (χ3v) is 2.35. The average molecular weight is 197 g/mol. The van der Waals surface area contributed by atoms with Gasteiger partial charge in [0.2, 0.25) is 0 Å². The maximum absolute atomic E-state index is 4.18. The summed E-state index contributed by atoms with van der Waals surface area (Å²) in [6.07, 6.45) is 4.49. The molecular formula is C13H13N2. The molecule has 0 saturated carbocycles. The van der Waals surface area contributed by atoms with E-state index in [1.54, 1.807) is 12.3 Å². The molecule has 0 saturated heterocycles. The molecule has 1 heterocycles. The summed E-state index contributed by atoms with van der Waals surface area (Å²) in [4.78, 5) is 8.27. The molecule has 0 bridgehead atoms. The Bertz CT molecular complexity index is 418. The summed E-state index contributed by atoms with van der Waals surface area (Å²) in [7, 11) is 0. The molecule has 2 rings (SSSR count). The largest absolute Gasteiger partial charge is 0.237 e. The van der Waals surface area contributed by atoms with Crippen molar-refractivity contribution in [2.75, 3.05) is 0 Å². The molecule has 1 aromatic heterocycles. The van der Waals surface area contributed by atoms with Gasteiger partial charge in [-0.3, -0.25) is 0 Å². The molecule has 1 aromatic carbocycles. The fourth-order valence-corrected chi connectivity index (χ4v) is 1.42. The van der Waals surface area contributed by atoms with Crippen molar-refractivity contribution in [1.29, 1.82) is 0 Å². The summed E-state index contributed by atoms with van der Waals surface area (Å²) in [6, 6.07) is 10.1. The molecule has 1 radical (unpaired) electrons. The lowest BCUT2D eigenvalue weighted by atomic mass is 10.0. The third kappa shape index (κ3) is 2.21. The SMILES string of the molecule is CC(C)c1ccc(-c2n[c]ccn2)cc1. The second kappa shape index (κ2) is 4.22. The van der Waals surface area contributed by atoms with Gasteiger partial charge in [-0.15, -0.1) is 0 Å². The zero-order valence-electron chi connectivity index (χ0n) is 8.94. The molecule has 2 heteroatoms. The number of hydrogen-bond acceptors (Lipinski definition) is 2. The summed E-state index contributed by atoms with van der Waals surface area (Å²) >= 11 is 0. The van der Waals surface area contributed by atoms with Crippen LogP contribution in [0.2, 0.25) is 0 Å². The summed E-state index contributed by atoms with van der Waals surface area (Å²) in [5.74, 6) is 1.29. The van der Waals surface area contributed by atoms with Gasteiger partial charge in [-0.2, -0.15) is 0 Å². The van der Waals surface area contributed by atoms with E-state index in [0.29, 0.717) is 5.92 Å². The minimum absolute atomic E-state index is 0.558. The van der Waals surface area contributed by atoms with E-state index in [9.17, 15) is 0 Å².